The van der Waals surface area contributed by atoms with Crippen molar-refractivity contribution >= 4 is 11.8 Å². The summed E-state index contributed by atoms with van der Waals surface area (Å²) in [5, 5.41) is 2.97. The number of carbonyl (C=O) groups is 2. The van der Waals surface area contributed by atoms with Crippen molar-refractivity contribution in [2.45, 2.75) is 32.2 Å². The molecule has 0 unspecified atom stereocenters. The van der Waals surface area contributed by atoms with Gasteiger partial charge in [-0.2, -0.15) is 0 Å². The summed E-state index contributed by atoms with van der Waals surface area (Å²) in [5.74, 6) is 0.608. The lowest BCUT2D eigenvalue weighted by molar-refractivity contribution is -0.137. The van der Waals surface area contributed by atoms with Crippen molar-refractivity contribution in [1.29, 1.82) is 0 Å². The molecular weight excluding hydrogens is 306 g/mol. The summed E-state index contributed by atoms with van der Waals surface area (Å²) in [4.78, 5) is 26.2. The molecule has 1 heterocycles. The van der Waals surface area contributed by atoms with Gasteiger partial charge in [-0.15, -0.1) is 0 Å². The largest absolute Gasteiger partial charge is 0.484 e. The van der Waals surface area contributed by atoms with Crippen LogP contribution in [-0.2, 0) is 9.59 Å². The van der Waals surface area contributed by atoms with Crippen molar-refractivity contribution in [2.24, 2.45) is 11.7 Å². The Kier molecular flexibility index (Phi) is 6.20. The maximum absolute atomic E-state index is 12.3. The highest BCUT2D eigenvalue weighted by Gasteiger charge is 2.30. The van der Waals surface area contributed by atoms with Crippen LogP contribution in [0.25, 0.3) is 0 Å². The van der Waals surface area contributed by atoms with Crippen molar-refractivity contribution in [3.63, 3.8) is 0 Å². The zero-order chi connectivity index (χ0) is 17.6. The molecule has 1 aromatic carbocycles. The van der Waals surface area contributed by atoms with Gasteiger partial charge in [-0.1, -0.05) is 18.2 Å². The Morgan fingerprint density at radius 2 is 1.88 bits per heavy atom. The Labute approximate surface area is 143 Å². The minimum absolute atomic E-state index is 0.0260. The summed E-state index contributed by atoms with van der Waals surface area (Å²) in [6.45, 7) is 5.40. The predicted octanol–water partition coefficient (Wildman–Crippen LogP) is 1.16. The molecule has 1 aliphatic heterocycles. The molecule has 3 N–H and O–H groups in total. The Hall–Kier alpha value is -2.08. The average molecular weight is 333 g/mol. The van der Waals surface area contributed by atoms with Gasteiger partial charge in [0.1, 0.15) is 5.75 Å². The number of hydrogen-bond acceptors (Lipinski definition) is 4. The van der Waals surface area contributed by atoms with E-state index in [1.165, 1.54) is 0 Å². The lowest BCUT2D eigenvalue weighted by Crippen LogP contribution is -2.52. The van der Waals surface area contributed by atoms with Gasteiger partial charge in [0.05, 0.1) is 0 Å². The summed E-state index contributed by atoms with van der Waals surface area (Å²) >= 11 is 0. The van der Waals surface area contributed by atoms with Crippen LogP contribution in [-0.4, -0.2) is 48.5 Å². The van der Waals surface area contributed by atoms with Crippen LogP contribution in [0.15, 0.2) is 30.3 Å². The first-order valence-corrected chi connectivity index (χ1v) is 8.39. The minimum atomic E-state index is -0.395. The van der Waals surface area contributed by atoms with Gasteiger partial charge in [0.15, 0.2) is 6.61 Å². The molecule has 1 aromatic rings. The second-order valence-electron chi connectivity index (χ2n) is 6.83. The van der Waals surface area contributed by atoms with Crippen molar-refractivity contribution < 1.29 is 14.3 Å². The van der Waals surface area contributed by atoms with Crippen LogP contribution >= 0.6 is 0 Å². The number of carbonyl (C=O) groups excluding carboxylic acids is 2. The number of nitrogens with two attached hydrogens (primary N) is 1. The Balaban J connectivity index is 1.75. The molecule has 0 aromatic heterocycles. The number of benzene rings is 1. The second kappa shape index (κ2) is 8.15. The quantitative estimate of drug-likeness (QED) is 0.818. The van der Waals surface area contributed by atoms with Gasteiger partial charge in [0.25, 0.3) is 5.91 Å². The first kappa shape index (κ1) is 18.3. The lowest BCUT2D eigenvalue weighted by atomic mass is 9.94. The summed E-state index contributed by atoms with van der Waals surface area (Å²) in [5.41, 5.74) is 5.25. The average Bonchev–Trinajstić information content (AvgIpc) is 2.60. The molecule has 132 valence electrons. The highest BCUT2D eigenvalue weighted by molar-refractivity contribution is 5.81. The molecule has 6 heteroatoms. The normalized spacial score (nSPS) is 15.9. The molecule has 2 amide bonds. The van der Waals surface area contributed by atoms with Crippen LogP contribution in [0.4, 0.5) is 0 Å². The van der Waals surface area contributed by atoms with Gasteiger partial charge in [-0.3, -0.25) is 9.59 Å². The van der Waals surface area contributed by atoms with Gasteiger partial charge in [-0.25, -0.2) is 0 Å². The smallest absolute Gasteiger partial charge is 0.260 e. The maximum Gasteiger partial charge on any atom is 0.260 e. The van der Waals surface area contributed by atoms with Crippen molar-refractivity contribution in [3.8, 4) is 5.75 Å². The molecule has 0 aliphatic carbocycles. The van der Waals surface area contributed by atoms with Crippen LogP contribution in [0.3, 0.4) is 0 Å². The number of ether oxygens (including phenoxy) is 1. The Morgan fingerprint density at radius 1 is 1.25 bits per heavy atom. The minimum Gasteiger partial charge on any atom is -0.484 e. The molecule has 1 aliphatic rings. The fourth-order valence-electron chi connectivity index (χ4n) is 2.63. The number of likely N-dealkylation sites (tertiary alicyclic amines) is 1. The third-order valence-electron chi connectivity index (χ3n) is 4.30. The summed E-state index contributed by atoms with van der Waals surface area (Å²) in [6, 6.07) is 9.28. The van der Waals surface area contributed by atoms with Crippen molar-refractivity contribution in [1.82, 2.24) is 10.2 Å². The van der Waals surface area contributed by atoms with E-state index in [0.29, 0.717) is 38.2 Å². The topological polar surface area (TPSA) is 84.7 Å². The number of nitrogens with zero attached hydrogens (tertiary/aromatic N) is 1. The number of rotatable bonds is 6. The van der Waals surface area contributed by atoms with E-state index in [0.717, 1.165) is 0 Å². The number of para-hydroxylation sites is 1. The zero-order valence-corrected chi connectivity index (χ0v) is 14.5. The van der Waals surface area contributed by atoms with E-state index in [-0.39, 0.29) is 24.3 Å². The Bertz CT molecular complexity index is 552. The SMILES string of the molecule is CC(C)(CN)NC(=O)C1CCN(C(=O)COc2ccccc2)CC1. The molecular formula is C18H27N3O3. The molecule has 0 bridgehead atoms. The molecule has 0 spiro atoms. The highest BCUT2D eigenvalue weighted by atomic mass is 16.5. The van der Waals surface area contributed by atoms with Crippen LogP contribution in [0.1, 0.15) is 26.7 Å². The summed E-state index contributed by atoms with van der Waals surface area (Å²) < 4.78 is 5.49. The van der Waals surface area contributed by atoms with Gasteiger partial charge >= 0.3 is 0 Å². The number of hydrogen-bond donors (Lipinski definition) is 2. The third kappa shape index (κ3) is 5.23. The first-order valence-electron chi connectivity index (χ1n) is 8.39. The van der Waals surface area contributed by atoms with Crippen LogP contribution < -0.4 is 15.8 Å². The second-order valence-corrected chi connectivity index (χ2v) is 6.83. The van der Waals surface area contributed by atoms with Crippen LogP contribution in [0.5, 0.6) is 5.75 Å². The molecule has 1 saturated heterocycles. The molecule has 24 heavy (non-hydrogen) atoms. The number of nitrogens with one attached hydrogen (secondary N) is 1. The van der Waals surface area contributed by atoms with E-state index in [1.54, 1.807) is 4.90 Å². The van der Waals surface area contributed by atoms with Gasteiger partial charge in [-0.05, 0) is 38.8 Å². The lowest BCUT2D eigenvalue weighted by Gasteiger charge is -2.33. The maximum atomic E-state index is 12.3. The summed E-state index contributed by atoms with van der Waals surface area (Å²) in [6.07, 6.45) is 1.34. The molecule has 2 rings (SSSR count). The third-order valence-corrected chi connectivity index (χ3v) is 4.30. The van der Waals surface area contributed by atoms with Crippen LogP contribution in [0, 0.1) is 5.92 Å². The Morgan fingerprint density at radius 3 is 2.46 bits per heavy atom. The van der Waals surface area contributed by atoms with E-state index >= 15 is 0 Å². The monoisotopic (exact) mass is 333 g/mol. The van der Waals surface area contributed by atoms with E-state index in [1.807, 2.05) is 44.2 Å². The first-order chi connectivity index (χ1) is 11.4. The number of piperidine rings is 1. The molecule has 1 fully saturated rings. The van der Waals surface area contributed by atoms with E-state index in [4.69, 9.17) is 10.5 Å². The molecule has 0 radical (unpaired) electrons. The van der Waals surface area contributed by atoms with E-state index in [9.17, 15) is 9.59 Å². The van der Waals surface area contributed by atoms with Crippen molar-refractivity contribution in [2.75, 3.05) is 26.2 Å². The molecule has 0 atom stereocenters. The van der Waals surface area contributed by atoms with E-state index < -0.39 is 5.54 Å². The fraction of sp³-hybridized carbons (Fsp3) is 0.556. The predicted molar refractivity (Wildman–Crippen MR) is 92.5 cm³/mol. The summed E-state index contributed by atoms with van der Waals surface area (Å²) in [7, 11) is 0. The van der Waals surface area contributed by atoms with Crippen LogP contribution in [0.2, 0.25) is 0 Å². The highest BCUT2D eigenvalue weighted by Crippen LogP contribution is 2.19. The number of amides is 2. The van der Waals surface area contributed by atoms with Gasteiger partial charge in [0.2, 0.25) is 5.91 Å². The van der Waals surface area contributed by atoms with Gasteiger partial charge < -0.3 is 20.7 Å². The van der Waals surface area contributed by atoms with Gasteiger partial charge in [0, 0.05) is 31.1 Å². The van der Waals surface area contributed by atoms with Crippen molar-refractivity contribution in [3.05, 3.63) is 30.3 Å². The van der Waals surface area contributed by atoms with E-state index in [2.05, 4.69) is 5.32 Å². The molecule has 6 nitrogen and oxygen atoms in total. The zero-order valence-electron chi connectivity index (χ0n) is 14.5. The fourth-order valence-corrected chi connectivity index (χ4v) is 2.63. The molecule has 0 saturated carbocycles. The standard InChI is InChI=1S/C18H27N3O3/c1-18(2,13-19)20-17(23)14-8-10-21(11-9-14)16(22)12-24-15-6-4-3-5-7-15/h3-7,14H,8-13,19H2,1-2H3,(H,20,23).